The summed E-state index contributed by atoms with van der Waals surface area (Å²) < 4.78 is 0. The van der Waals surface area contributed by atoms with Crippen molar-refractivity contribution in [3.05, 3.63) is 41.5 Å². The third kappa shape index (κ3) is 2.27. The third-order valence-corrected chi connectivity index (χ3v) is 2.39. The molecule has 1 aromatic carbocycles. The van der Waals surface area contributed by atoms with Gasteiger partial charge < -0.3 is 5.11 Å². The van der Waals surface area contributed by atoms with Crippen LogP contribution in [0.2, 0.25) is 0 Å². The predicted octanol–water partition coefficient (Wildman–Crippen LogP) is 3.54. The highest BCUT2D eigenvalue weighted by atomic mass is 16.4. The molecule has 0 amide bonds. The van der Waals surface area contributed by atoms with E-state index in [4.69, 9.17) is 0 Å². The molecule has 0 heterocycles. The largest absolute Gasteiger partial charge is 0.478 e. The van der Waals surface area contributed by atoms with Crippen molar-refractivity contribution in [3.63, 3.8) is 0 Å². The summed E-state index contributed by atoms with van der Waals surface area (Å²) in [6.07, 6.45) is 0. The molecule has 0 aromatic heterocycles. The van der Waals surface area contributed by atoms with Gasteiger partial charge in [-0.3, -0.25) is 0 Å². The van der Waals surface area contributed by atoms with E-state index in [2.05, 4.69) is 6.58 Å². The standard InChI is InChI=1S/C13H16O2/c1-8(2)10-6-5-7-11(9(3)4)12(10)13(14)15/h5-7,9H,1H2,2-4H3,(H,14,15). The molecule has 0 unspecified atom stereocenters. The summed E-state index contributed by atoms with van der Waals surface area (Å²) >= 11 is 0. The molecular formula is C13H16O2. The lowest BCUT2D eigenvalue weighted by molar-refractivity contribution is 0.0695. The molecule has 0 fully saturated rings. The van der Waals surface area contributed by atoms with E-state index in [1.54, 1.807) is 6.07 Å². The summed E-state index contributed by atoms with van der Waals surface area (Å²) in [5.74, 6) is -0.673. The van der Waals surface area contributed by atoms with Crippen LogP contribution in [0.5, 0.6) is 0 Å². The molecule has 1 rings (SSSR count). The first-order chi connectivity index (χ1) is 6.95. The summed E-state index contributed by atoms with van der Waals surface area (Å²) in [7, 11) is 0. The van der Waals surface area contributed by atoms with Crippen LogP contribution in [0.4, 0.5) is 0 Å². The second-order valence-electron chi connectivity index (χ2n) is 4.01. The summed E-state index contributed by atoms with van der Waals surface area (Å²) in [6.45, 7) is 9.61. The summed E-state index contributed by atoms with van der Waals surface area (Å²) in [4.78, 5) is 11.2. The van der Waals surface area contributed by atoms with Crippen LogP contribution in [0.25, 0.3) is 5.57 Å². The van der Waals surface area contributed by atoms with E-state index in [9.17, 15) is 9.90 Å². The van der Waals surface area contributed by atoms with Gasteiger partial charge in [0.2, 0.25) is 0 Å². The van der Waals surface area contributed by atoms with Crippen molar-refractivity contribution in [1.82, 2.24) is 0 Å². The number of carbonyl (C=O) groups is 1. The van der Waals surface area contributed by atoms with Gasteiger partial charge in [0.05, 0.1) is 5.56 Å². The minimum atomic E-state index is -0.877. The SMILES string of the molecule is C=C(C)c1cccc(C(C)C)c1C(=O)O. The van der Waals surface area contributed by atoms with E-state index >= 15 is 0 Å². The fourth-order valence-corrected chi connectivity index (χ4v) is 1.65. The molecule has 0 aliphatic rings. The average Bonchev–Trinajstić information content (AvgIpc) is 2.16. The Balaban J connectivity index is 3.48. The fraction of sp³-hybridized carbons (Fsp3) is 0.308. The molecule has 0 atom stereocenters. The van der Waals surface area contributed by atoms with Gasteiger partial charge in [-0.25, -0.2) is 4.79 Å². The molecular weight excluding hydrogens is 188 g/mol. The number of benzene rings is 1. The molecule has 1 aromatic rings. The van der Waals surface area contributed by atoms with Crippen molar-refractivity contribution in [2.45, 2.75) is 26.7 Å². The van der Waals surface area contributed by atoms with Crippen LogP contribution in [0.3, 0.4) is 0 Å². The topological polar surface area (TPSA) is 37.3 Å². The number of carboxylic acid groups (broad SMARTS) is 1. The van der Waals surface area contributed by atoms with Crippen molar-refractivity contribution in [2.24, 2.45) is 0 Å². The van der Waals surface area contributed by atoms with E-state index in [1.807, 2.05) is 32.9 Å². The van der Waals surface area contributed by atoms with Crippen molar-refractivity contribution in [2.75, 3.05) is 0 Å². The van der Waals surface area contributed by atoms with Crippen molar-refractivity contribution in [1.29, 1.82) is 0 Å². The van der Waals surface area contributed by atoms with Gasteiger partial charge >= 0.3 is 5.97 Å². The smallest absolute Gasteiger partial charge is 0.336 e. The van der Waals surface area contributed by atoms with Crippen molar-refractivity contribution in [3.8, 4) is 0 Å². The summed E-state index contributed by atoms with van der Waals surface area (Å²) in [6, 6.07) is 5.55. The lowest BCUT2D eigenvalue weighted by Crippen LogP contribution is -2.07. The highest BCUT2D eigenvalue weighted by Gasteiger charge is 2.17. The monoisotopic (exact) mass is 204 g/mol. The molecule has 0 radical (unpaired) electrons. The number of carboxylic acids is 1. The molecule has 0 saturated carbocycles. The molecule has 0 bridgehead atoms. The van der Waals surface area contributed by atoms with Crippen LogP contribution in [0.15, 0.2) is 24.8 Å². The van der Waals surface area contributed by atoms with E-state index in [0.29, 0.717) is 5.56 Å². The zero-order chi connectivity index (χ0) is 11.6. The fourth-order valence-electron chi connectivity index (χ4n) is 1.65. The molecule has 15 heavy (non-hydrogen) atoms. The maximum absolute atomic E-state index is 11.2. The van der Waals surface area contributed by atoms with Gasteiger partial charge in [0, 0.05) is 0 Å². The molecule has 0 aliphatic carbocycles. The Morgan fingerprint density at radius 1 is 1.40 bits per heavy atom. The van der Waals surface area contributed by atoms with Gasteiger partial charge in [0.25, 0.3) is 0 Å². The van der Waals surface area contributed by atoms with Gasteiger partial charge in [-0.05, 0) is 24.0 Å². The molecule has 2 heteroatoms. The Bertz CT molecular complexity index is 403. The summed E-state index contributed by atoms with van der Waals surface area (Å²) in [5, 5.41) is 9.20. The highest BCUT2D eigenvalue weighted by molar-refractivity contribution is 5.95. The molecule has 0 aliphatic heterocycles. The molecule has 0 spiro atoms. The minimum absolute atomic E-state index is 0.204. The van der Waals surface area contributed by atoms with E-state index < -0.39 is 5.97 Å². The Morgan fingerprint density at radius 2 is 2.00 bits per heavy atom. The third-order valence-electron chi connectivity index (χ3n) is 2.39. The lowest BCUT2D eigenvalue weighted by atomic mass is 9.91. The predicted molar refractivity (Wildman–Crippen MR) is 62.2 cm³/mol. The van der Waals surface area contributed by atoms with Gasteiger partial charge in [-0.1, -0.05) is 44.2 Å². The number of aromatic carboxylic acids is 1. The van der Waals surface area contributed by atoms with E-state index in [1.165, 1.54) is 0 Å². The van der Waals surface area contributed by atoms with Crippen LogP contribution in [-0.4, -0.2) is 11.1 Å². The number of allylic oxidation sites excluding steroid dienone is 1. The lowest BCUT2D eigenvalue weighted by Gasteiger charge is -2.13. The first kappa shape index (κ1) is 11.5. The zero-order valence-corrected chi connectivity index (χ0v) is 9.37. The molecule has 2 nitrogen and oxygen atoms in total. The summed E-state index contributed by atoms with van der Waals surface area (Å²) in [5.41, 5.74) is 2.77. The van der Waals surface area contributed by atoms with Gasteiger partial charge in [0.15, 0.2) is 0 Å². The highest BCUT2D eigenvalue weighted by Crippen LogP contribution is 2.26. The first-order valence-electron chi connectivity index (χ1n) is 4.97. The second kappa shape index (κ2) is 4.30. The van der Waals surface area contributed by atoms with Crippen molar-refractivity contribution >= 4 is 11.5 Å². The van der Waals surface area contributed by atoms with Gasteiger partial charge in [-0.2, -0.15) is 0 Å². The zero-order valence-electron chi connectivity index (χ0n) is 9.37. The second-order valence-corrected chi connectivity index (χ2v) is 4.01. The minimum Gasteiger partial charge on any atom is -0.478 e. The van der Waals surface area contributed by atoms with E-state index in [0.717, 1.165) is 16.7 Å². The number of hydrogen-bond donors (Lipinski definition) is 1. The Kier molecular flexibility index (Phi) is 3.30. The molecule has 1 N–H and O–H groups in total. The van der Waals surface area contributed by atoms with Crippen LogP contribution in [-0.2, 0) is 0 Å². The van der Waals surface area contributed by atoms with Crippen LogP contribution in [0.1, 0.15) is 48.2 Å². The maximum atomic E-state index is 11.2. The Morgan fingerprint density at radius 3 is 2.40 bits per heavy atom. The number of rotatable bonds is 3. The number of hydrogen-bond acceptors (Lipinski definition) is 1. The Hall–Kier alpha value is -1.57. The van der Waals surface area contributed by atoms with E-state index in [-0.39, 0.29) is 5.92 Å². The van der Waals surface area contributed by atoms with Crippen LogP contribution < -0.4 is 0 Å². The molecule has 80 valence electrons. The normalized spacial score (nSPS) is 10.4. The van der Waals surface area contributed by atoms with Gasteiger partial charge in [-0.15, -0.1) is 0 Å². The quantitative estimate of drug-likeness (QED) is 0.817. The average molecular weight is 204 g/mol. The van der Waals surface area contributed by atoms with Gasteiger partial charge in [0.1, 0.15) is 0 Å². The Labute approximate surface area is 90.3 Å². The first-order valence-corrected chi connectivity index (χ1v) is 4.97. The van der Waals surface area contributed by atoms with Crippen LogP contribution in [0, 0.1) is 0 Å². The van der Waals surface area contributed by atoms with Crippen molar-refractivity contribution < 1.29 is 9.90 Å². The molecule has 0 saturated heterocycles. The van der Waals surface area contributed by atoms with Crippen LogP contribution >= 0.6 is 0 Å². The maximum Gasteiger partial charge on any atom is 0.336 e.